The lowest BCUT2D eigenvalue weighted by Crippen LogP contribution is -2.68. The summed E-state index contributed by atoms with van der Waals surface area (Å²) in [5.74, 6) is 0.381. The first-order valence-corrected chi connectivity index (χ1v) is 12.6. The molecule has 5 heteroatoms. The van der Waals surface area contributed by atoms with E-state index in [0.29, 0.717) is 13.0 Å². The molecule has 2 fully saturated rings. The number of amides is 1. The Bertz CT molecular complexity index is 1130. The molecule has 1 N–H and O–H groups in total. The number of aromatic nitrogens is 1. The number of rotatable bonds is 6. The maximum atomic E-state index is 13.2. The fraction of sp³-hybridized carbons (Fsp3) is 0.333. The molecule has 2 saturated heterocycles. The largest absolute Gasteiger partial charge is 0.395 e. The topological polar surface area (TPSA) is 56.7 Å². The summed E-state index contributed by atoms with van der Waals surface area (Å²) in [6.45, 7) is 2.62. The zero-order chi connectivity index (χ0) is 24.0. The van der Waals surface area contributed by atoms with Crippen LogP contribution in [0, 0.1) is 0 Å². The molecule has 5 rings (SSSR count). The molecule has 35 heavy (non-hydrogen) atoms. The first-order chi connectivity index (χ1) is 17.2. The first-order valence-electron chi connectivity index (χ1n) is 12.6. The zero-order valence-electron chi connectivity index (χ0n) is 20.0. The summed E-state index contributed by atoms with van der Waals surface area (Å²) < 4.78 is 0. The summed E-state index contributed by atoms with van der Waals surface area (Å²) in [6.07, 6.45) is 10.2. The number of benzene rings is 2. The SMILES string of the molecule is O=C(Cc1cccnc1)N1CCCCN2[C@H](C1)[C@H](c1ccc(/C=C/c3ccccc3)cc1)[C@@H]2CO. The van der Waals surface area contributed by atoms with E-state index in [1.54, 1.807) is 12.4 Å². The molecule has 3 atom stereocenters. The van der Waals surface area contributed by atoms with E-state index in [2.05, 4.69) is 58.4 Å². The van der Waals surface area contributed by atoms with Gasteiger partial charge in [-0.25, -0.2) is 0 Å². The van der Waals surface area contributed by atoms with Gasteiger partial charge >= 0.3 is 0 Å². The van der Waals surface area contributed by atoms with Gasteiger partial charge in [0.25, 0.3) is 0 Å². The van der Waals surface area contributed by atoms with Gasteiger partial charge in [-0.2, -0.15) is 0 Å². The highest BCUT2D eigenvalue weighted by molar-refractivity contribution is 5.78. The Balaban J connectivity index is 1.31. The van der Waals surface area contributed by atoms with Gasteiger partial charge in [-0.15, -0.1) is 0 Å². The van der Waals surface area contributed by atoms with Crippen molar-refractivity contribution in [2.24, 2.45) is 0 Å². The molecule has 0 radical (unpaired) electrons. The quantitative estimate of drug-likeness (QED) is 0.551. The van der Waals surface area contributed by atoms with E-state index in [4.69, 9.17) is 0 Å². The summed E-state index contributed by atoms with van der Waals surface area (Å²) in [7, 11) is 0. The molecule has 2 aromatic carbocycles. The van der Waals surface area contributed by atoms with Gasteiger partial charge in [-0.3, -0.25) is 14.7 Å². The predicted octanol–water partition coefficient (Wildman–Crippen LogP) is 4.25. The molecule has 5 nitrogen and oxygen atoms in total. The molecule has 0 bridgehead atoms. The standard InChI is InChI=1S/C30H33N3O2/c34-22-28-30(26-14-12-24(13-15-26)11-10-23-7-2-1-3-8-23)27-21-32(17-4-5-18-33(27)28)29(35)19-25-9-6-16-31-20-25/h1-3,6-16,20,27-28,30,34H,4-5,17-19,21-22H2/b11-10+/t27-,28+,30+/m1/s1. The molecule has 2 aliphatic rings. The number of carbonyl (C=O) groups is 1. The summed E-state index contributed by atoms with van der Waals surface area (Å²) in [4.78, 5) is 21.8. The second kappa shape index (κ2) is 11.0. The van der Waals surface area contributed by atoms with Gasteiger partial charge in [0, 0.05) is 43.5 Å². The minimum absolute atomic E-state index is 0.110. The van der Waals surface area contributed by atoms with Crippen LogP contribution in [0.3, 0.4) is 0 Å². The van der Waals surface area contributed by atoms with Crippen molar-refractivity contribution < 1.29 is 9.90 Å². The van der Waals surface area contributed by atoms with Crippen molar-refractivity contribution in [2.75, 3.05) is 26.2 Å². The molecular weight excluding hydrogens is 434 g/mol. The number of fused-ring (bicyclic) bond motifs is 1. The van der Waals surface area contributed by atoms with Crippen molar-refractivity contribution in [2.45, 2.75) is 37.3 Å². The van der Waals surface area contributed by atoms with Crippen molar-refractivity contribution in [1.29, 1.82) is 0 Å². The first kappa shape index (κ1) is 23.5. The fourth-order valence-corrected chi connectivity index (χ4v) is 5.54. The third-order valence-corrected chi connectivity index (χ3v) is 7.39. The molecule has 1 aromatic heterocycles. The van der Waals surface area contributed by atoms with Crippen LogP contribution in [0.5, 0.6) is 0 Å². The fourth-order valence-electron chi connectivity index (χ4n) is 5.54. The van der Waals surface area contributed by atoms with E-state index in [0.717, 1.165) is 37.1 Å². The zero-order valence-corrected chi connectivity index (χ0v) is 20.0. The van der Waals surface area contributed by atoms with Crippen molar-refractivity contribution in [3.63, 3.8) is 0 Å². The second-order valence-corrected chi connectivity index (χ2v) is 9.58. The predicted molar refractivity (Wildman–Crippen MR) is 140 cm³/mol. The van der Waals surface area contributed by atoms with E-state index in [-0.39, 0.29) is 30.5 Å². The third-order valence-electron chi connectivity index (χ3n) is 7.39. The van der Waals surface area contributed by atoms with Crippen molar-refractivity contribution in [3.05, 3.63) is 101 Å². The second-order valence-electron chi connectivity index (χ2n) is 9.58. The maximum absolute atomic E-state index is 13.2. The molecule has 1 amide bonds. The van der Waals surface area contributed by atoms with Crippen molar-refractivity contribution in [1.82, 2.24) is 14.8 Å². The number of nitrogens with zero attached hydrogens (tertiary/aromatic N) is 3. The van der Waals surface area contributed by atoms with Crippen LogP contribution in [0.15, 0.2) is 79.1 Å². The molecule has 3 aromatic rings. The van der Waals surface area contributed by atoms with Crippen LogP contribution in [-0.2, 0) is 11.2 Å². The monoisotopic (exact) mass is 467 g/mol. The normalized spacial score (nSPS) is 22.8. The van der Waals surface area contributed by atoms with Gasteiger partial charge < -0.3 is 10.0 Å². The number of aliphatic hydroxyl groups is 1. The molecule has 2 aliphatic heterocycles. The molecule has 0 spiro atoms. The van der Waals surface area contributed by atoms with Crippen LogP contribution in [0.2, 0.25) is 0 Å². The molecule has 3 heterocycles. The smallest absolute Gasteiger partial charge is 0.227 e. The van der Waals surface area contributed by atoms with E-state index in [1.807, 2.05) is 35.2 Å². The number of hydrogen-bond acceptors (Lipinski definition) is 4. The lowest BCUT2D eigenvalue weighted by Gasteiger charge is -2.57. The lowest BCUT2D eigenvalue weighted by atomic mass is 9.74. The number of pyridine rings is 1. The Hall–Kier alpha value is -3.28. The van der Waals surface area contributed by atoms with Gasteiger partial charge in [0.1, 0.15) is 0 Å². The van der Waals surface area contributed by atoms with Gasteiger partial charge in [0.05, 0.1) is 13.0 Å². The molecule has 0 unspecified atom stereocenters. The minimum atomic E-state index is 0.110. The van der Waals surface area contributed by atoms with Crippen LogP contribution >= 0.6 is 0 Å². The van der Waals surface area contributed by atoms with E-state index in [9.17, 15) is 9.90 Å². The molecule has 0 aliphatic carbocycles. The summed E-state index contributed by atoms with van der Waals surface area (Å²) in [5, 5.41) is 10.2. The average molecular weight is 468 g/mol. The highest BCUT2D eigenvalue weighted by atomic mass is 16.3. The Labute approximate surface area is 207 Å². The highest BCUT2D eigenvalue weighted by Gasteiger charge is 2.49. The third kappa shape index (κ3) is 5.37. The molecule has 0 saturated carbocycles. The minimum Gasteiger partial charge on any atom is -0.395 e. The Kier molecular flexibility index (Phi) is 7.36. The van der Waals surface area contributed by atoms with Crippen LogP contribution in [0.25, 0.3) is 12.2 Å². The lowest BCUT2D eigenvalue weighted by molar-refractivity contribution is -0.135. The van der Waals surface area contributed by atoms with Crippen LogP contribution in [-0.4, -0.2) is 64.1 Å². The van der Waals surface area contributed by atoms with Gasteiger partial charge in [-0.1, -0.05) is 72.8 Å². The Morgan fingerprint density at radius 3 is 2.40 bits per heavy atom. The summed E-state index contributed by atoms with van der Waals surface area (Å²) >= 11 is 0. The maximum Gasteiger partial charge on any atom is 0.227 e. The number of carbonyl (C=O) groups excluding carboxylic acids is 1. The van der Waals surface area contributed by atoms with Crippen molar-refractivity contribution in [3.8, 4) is 0 Å². The van der Waals surface area contributed by atoms with Gasteiger partial charge in [0.15, 0.2) is 0 Å². The van der Waals surface area contributed by atoms with Gasteiger partial charge in [0.2, 0.25) is 5.91 Å². The average Bonchev–Trinajstić information content (AvgIpc) is 2.88. The van der Waals surface area contributed by atoms with Crippen molar-refractivity contribution >= 4 is 18.1 Å². The van der Waals surface area contributed by atoms with E-state index in [1.165, 1.54) is 11.1 Å². The molecular formula is C30H33N3O2. The van der Waals surface area contributed by atoms with E-state index >= 15 is 0 Å². The Morgan fingerprint density at radius 1 is 0.943 bits per heavy atom. The summed E-state index contributed by atoms with van der Waals surface area (Å²) in [6, 6.07) is 23.2. The number of hydrogen-bond donors (Lipinski definition) is 1. The Morgan fingerprint density at radius 2 is 1.69 bits per heavy atom. The van der Waals surface area contributed by atoms with Crippen LogP contribution < -0.4 is 0 Å². The highest BCUT2D eigenvalue weighted by Crippen LogP contribution is 2.42. The van der Waals surface area contributed by atoms with Crippen LogP contribution in [0.4, 0.5) is 0 Å². The number of aliphatic hydroxyl groups excluding tert-OH is 1. The summed E-state index contributed by atoms with van der Waals surface area (Å²) in [5.41, 5.74) is 4.52. The molecule has 180 valence electrons. The van der Waals surface area contributed by atoms with Gasteiger partial charge in [-0.05, 0) is 47.7 Å². The van der Waals surface area contributed by atoms with E-state index < -0.39 is 0 Å². The van der Waals surface area contributed by atoms with Crippen LogP contribution in [0.1, 0.15) is 41.0 Å².